The lowest BCUT2D eigenvalue weighted by Gasteiger charge is -2.34. The predicted molar refractivity (Wildman–Crippen MR) is 130 cm³/mol. The quantitative estimate of drug-likeness (QED) is 0.617. The van der Waals surface area contributed by atoms with Gasteiger partial charge >= 0.3 is 0 Å². The van der Waals surface area contributed by atoms with E-state index in [4.69, 9.17) is 4.74 Å². The SMILES string of the molecule is COc1ccc(C(=O)N2CCN(C(=O)CNC(=O)c3ccc(-c4ccccc4)cc3)CC2)cc1. The van der Waals surface area contributed by atoms with Gasteiger partial charge in [-0.2, -0.15) is 0 Å². The van der Waals surface area contributed by atoms with Crippen LogP contribution in [0, 0.1) is 0 Å². The van der Waals surface area contributed by atoms with E-state index in [-0.39, 0.29) is 24.3 Å². The van der Waals surface area contributed by atoms with Gasteiger partial charge in [-0.05, 0) is 47.5 Å². The third-order valence-electron chi connectivity index (χ3n) is 5.91. The minimum Gasteiger partial charge on any atom is -0.497 e. The highest BCUT2D eigenvalue weighted by atomic mass is 16.5. The number of hydrogen-bond donors (Lipinski definition) is 1. The predicted octanol–water partition coefficient (Wildman–Crippen LogP) is 3.08. The molecular weight excluding hydrogens is 430 g/mol. The van der Waals surface area contributed by atoms with Gasteiger partial charge in [-0.1, -0.05) is 42.5 Å². The van der Waals surface area contributed by atoms with Crippen LogP contribution in [-0.2, 0) is 4.79 Å². The van der Waals surface area contributed by atoms with E-state index < -0.39 is 0 Å². The van der Waals surface area contributed by atoms with Crippen LogP contribution in [0.3, 0.4) is 0 Å². The van der Waals surface area contributed by atoms with E-state index in [0.29, 0.717) is 43.1 Å². The van der Waals surface area contributed by atoms with Crippen molar-refractivity contribution in [2.24, 2.45) is 0 Å². The topological polar surface area (TPSA) is 79.0 Å². The summed E-state index contributed by atoms with van der Waals surface area (Å²) in [5.74, 6) is 0.176. The number of benzene rings is 3. The van der Waals surface area contributed by atoms with Gasteiger partial charge in [-0.25, -0.2) is 0 Å². The molecule has 1 aliphatic heterocycles. The highest BCUT2D eigenvalue weighted by Crippen LogP contribution is 2.19. The fourth-order valence-electron chi connectivity index (χ4n) is 3.89. The third-order valence-corrected chi connectivity index (χ3v) is 5.91. The lowest BCUT2D eigenvalue weighted by atomic mass is 10.0. The summed E-state index contributed by atoms with van der Waals surface area (Å²) in [5, 5.41) is 2.70. The molecule has 1 fully saturated rings. The first-order valence-corrected chi connectivity index (χ1v) is 11.2. The molecule has 0 bridgehead atoms. The molecule has 0 radical (unpaired) electrons. The molecule has 3 aromatic carbocycles. The van der Waals surface area contributed by atoms with E-state index in [1.54, 1.807) is 53.3 Å². The highest BCUT2D eigenvalue weighted by Gasteiger charge is 2.25. The lowest BCUT2D eigenvalue weighted by molar-refractivity contribution is -0.131. The molecule has 0 spiro atoms. The van der Waals surface area contributed by atoms with E-state index in [2.05, 4.69) is 5.32 Å². The molecule has 174 valence electrons. The summed E-state index contributed by atoms with van der Waals surface area (Å²) in [6.45, 7) is 1.69. The van der Waals surface area contributed by atoms with Crippen LogP contribution in [0.4, 0.5) is 0 Å². The summed E-state index contributed by atoms with van der Waals surface area (Å²) in [5.41, 5.74) is 3.19. The minimum absolute atomic E-state index is 0.0676. The zero-order valence-corrected chi connectivity index (χ0v) is 19.1. The van der Waals surface area contributed by atoms with Gasteiger partial charge in [0.05, 0.1) is 13.7 Å². The number of amides is 3. The molecule has 1 saturated heterocycles. The summed E-state index contributed by atoms with van der Waals surface area (Å²) in [4.78, 5) is 41.2. The number of methoxy groups -OCH3 is 1. The molecule has 0 atom stereocenters. The van der Waals surface area contributed by atoms with Crippen LogP contribution >= 0.6 is 0 Å². The van der Waals surface area contributed by atoms with Crippen LogP contribution in [0.1, 0.15) is 20.7 Å². The van der Waals surface area contributed by atoms with E-state index in [0.717, 1.165) is 11.1 Å². The Morgan fingerprint density at radius 3 is 1.91 bits per heavy atom. The largest absolute Gasteiger partial charge is 0.497 e. The average molecular weight is 458 g/mol. The van der Waals surface area contributed by atoms with Crippen LogP contribution in [0.15, 0.2) is 78.9 Å². The van der Waals surface area contributed by atoms with E-state index in [1.807, 2.05) is 42.5 Å². The number of rotatable bonds is 6. The number of ether oxygens (including phenoxy) is 1. The van der Waals surface area contributed by atoms with E-state index in [9.17, 15) is 14.4 Å². The van der Waals surface area contributed by atoms with Gasteiger partial charge in [0, 0.05) is 37.3 Å². The summed E-state index contributed by atoms with van der Waals surface area (Å²) in [6, 6.07) is 24.2. The Balaban J connectivity index is 1.24. The second kappa shape index (κ2) is 10.7. The Bertz CT molecular complexity index is 1140. The Morgan fingerprint density at radius 2 is 1.29 bits per heavy atom. The summed E-state index contributed by atoms with van der Waals surface area (Å²) in [7, 11) is 1.58. The van der Waals surface area contributed by atoms with Crippen molar-refractivity contribution in [2.45, 2.75) is 0 Å². The van der Waals surface area contributed by atoms with Gasteiger partial charge in [0.1, 0.15) is 5.75 Å². The number of piperazine rings is 1. The Kier molecular flexibility index (Phi) is 7.22. The lowest BCUT2D eigenvalue weighted by Crippen LogP contribution is -2.52. The standard InChI is InChI=1S/C27H27N3O4/c1-34-24-13-11-23(12-14-24)27(33)30-17-15-29(16-18-30)25(31)19-28-26(32)22-9-7-21(8-10-22)20-5-3-2-4-6-20/h2-14H,15-19H2,1H3,(H,28,32). The average Bonchev–Trinajstić information content (AvgIpc) is 2.92. The van der Waals surface area contributed by atoms with E-state index >= 15 is 0 Å². The molecule has 0 aromatic heterocycles. The summed E-state index contributed by atoms with van der Waals surface area (Å²) < 4.78 is 5.13. The second-order valence-electron chi connectivity index (χ2n) is 8.03. The molecule has 1 aliphatic rings. The molecular formula is C27H27N3O4. The molecule has 3 aromatic rings. The molecule has 7 heteroatoms. The second-order valence-corrected chi connectivity index (χ2v) is 8.03. The zero-order chi connectivity index (χ0) is 23.9. The normalized spacial score (nSPS) is 13.3. The van der Waals surface area contributed by atoms with Crippen molar-refractivity contribution in [3.63, 3.8) is 0 Å². The van der Waals surface area contributed by atoms with Gasteiger partial charge in [0.15, 0.2) is 0 Å². The van der Waals surface area contributed by atoms with Crippen LogP contribution < -0.4 is 10.1 Å². The molecule has 0 aliphatic carbocycles. The molecule has 4 rings (SSSR count). The van der Waals surface area contributed by atoms with Crippen molar-refractivity contribution in [1.82, 2.24) is 15.1 Å². The minimum atomic E-state index is -0.290. The molecule has 3 amide bonds. The van der Waals surface area contributed by atoms with Gasteiger partial charge in [-0.3, -0.25) is 14.4 Å². The molecule has 1 heterocycles. The first kappa shape index (κ1) is 23.0. The first-order valence-electron chi connectivity index (χ1n) is 11.2. The maximum absolute atomic E-state index is 12.7. The molecule has 0 unspecified atom stereocenters. The van der Waals surface area contributed by atoms with Crippen molar-refractivity contribution in [1.29, 1.82) is 0 Å². The Morgan fingerprint density at radius 1 is 0.735 bits per heavy atom. The van der Waals surface area contributed by atoms with Crippen molar-refractivity contribution in [2.75, 3.05) is 39.8 Å². The first-order chi connectivity index (χ1) is 16.5. The molecule has 7 nitrogen and oxygen atoms in total. The summed E-state index contributed by atoms with van der Waals surface area (Å²) in [6.07, 6.45) is 0. The van der Waals surface area contributed by atoms with Gasteiger partial charge < -0.3 is 19.9 Å². The number of hydrogen-bond acceptors (Lipinski definition) is 4. The fourth-order valence-corrected chi connectivity index (χ4v) is 3.89. The molecule has 1 N–H and O–H groups in total. The van der Waals surface area contributed by atoms with Crippen LogP contribution in [0.5, 0.6) is 5.75 Å². The maximum atomic E-state index is 12.7. The van der Waals surface area contributed by atoms with Gasteiger partial charge in [0.25, 0.3) is 11.8 Å². The molecule has 0 saturated carbocycles. The number of carbonyl (C=O) groups excluding carboxylic acids is 3. The highest BCUT2D eigenvalue weighted by molar-refractivity contribution is 5.97. The maximum Gasteiger partial charge on any atom is 0.253 e. The summed E-state index contributed by atoms with van der Waals surface area (Å²) >= 11 is 0. The van der Waals surface area contributed by atoms with Crippen molar-refractivity contribution in [3.8, 4) is 16.9 Å². The third kappa shape index (κ3) is 5.43. The smallest absolute Gasteiger partial charge is 0.253 e. The van der Waals surface area contributed by atoms with Crippen LogP contribution in [0.2, 0.25) is 0 Å². The number of carbonyl (C=O) groups is 3. The van der Waals surface area contributed by atoms with Crippen LogP contribution in [-0.4, -0.2) is 67.4 Å². The van der Waals surface area contributed by atoms with Gasteiger partial charge in [-0.15, -0.1) is 0 Å². The van der Waals surface area contributed by atoms with Crippen molar-refractivity contribution in [3.05, 3.63) is 90.0 Å². The Labute approximate surface area is 198 Å². The Hall–Kier alpha value is -4.13. The van der Waals surface area contributed by atoms with E-state index in [1.165, 1.54) is 0 Å². The number of nitrogens with one attached hydrogen (secondary N) is 1. The molecule has 34 heavy (non-hydrogen) atoms. The monoisotopic (exact) mass is 457 g/mol. The van der Waals surface area contributed by atoms with Crippen LogP contribution in [0.25, 0.3) is 11.1 Å². The fraction of sp³-hybridized carbons (Fsp3) is 0.222. The van der Waals surface area contributed by atoms with Crippen molar-refractivity contribution < 1.29 is 19.1 Å². The van der Waals surface area contributed by atoms with Crippen molar-refractivity contribution >= 4 is 17.7 Å². The zero-order valence-electron chi connectivity index (χ0n) is 19.1. The van der Waals surface area contributed by atoms with Gasteiger partial charge in [0.2, 0.25) is 5.91 Å². The number of nitrogens with zero attached hydrogens (tertiary/aromatic N) is 2.